The van der Waals surface area contributed by atoms with E-state index in [0.717, 1.165) is 11.1 Å². The van der Waals surface area contributed by atoms with Crippen molar-refractivity contribution < 1.29 is 38.3 Å². The minimum absolute atomic E-state index is 0.130. The maximum atomic E-state index is 12.2. The molecule has 2 aromatic rings. The Bertz CT molecular complexity index is 991. The molecule has 8 heteroatoms. The highest BCUT2D eigenvalue weighted by molar-refractivity contribution is 5.74. The summed E-state index contributed by atoms with van der Waals surface area (Å²) in [5.41, 5.74) is 2.34. The van der Waals surface area contributed by atoms with Gasteiger partial charge >= 0.3 is 5.97 Å². The lowest BCUT2D eigenvalue weighted by Gasteiger charge is -2.37. The van der Waals surface area contributed by atoms with Gasteiger partial charge in [-0.1, -0.05) is 0 Å². The van der Waals surface area contributed by atoms with Gasteiger partial charge in [0.2, 0.25) is 12.5 Å². The number of aliphatic hydroxyl groups is 1. The third kappa shape index (κ3) is 2.67. The van der Waals surface area contributed by atoms with E-state index in [4.69, 9.17) is 28.4 Å². The fraction of sp³-hybridized carbons (Fsp3) is 0.409. The number of fused-ring (bicyclic) bond motifs is 3. The smallest absolute Gasteiger partial charge is 0.306 e. The normalized spacial score (nSPS) is 25.9. The molecule has 0 saturated carbocycles. The van der Waals surface area contributed by atoms with Gasteiger partial charge in [0.05, 0.1) is 33.9 Å². The lowest BCUT2D eigenvalue weighted by Crippen LogP contribution is -2.35. The van der Waals surface area contributed by atoms with Crippen LogP contribution in [0.25, 0.3) is 0 Å². The second-order valence-electron chi connectivity index (χ2n) is 7.54. The molecule has 1 saturated heterocycles. The van der Waals surface area contributed by atoms with Crippen LogP contribution < -0.4 is 23.7 Å². The van der Waals surface area contributed by atoms with E-state index < -0.39 is 12.2 Å². The molecule has 1 aliphatic carbocycles. The summed E-state index contributed by atoms with van der Waals surface area (Å²) in [6, 6.07) is 7.35. The topological polar surface area (TPSA) is 92.7 Å². The number of methoxy groups -OCH3 is 3. The average Bonchev–Trinajstić information content (AvgIpc) is 3.37. The van der Waals surface area contributed by atoms with Gasteiger partial charge in [-0.15, -0.1) is 0 Å². The predicted octanol–water partition coefficient (Wildman–Crippen LogP) is 2.55. The number of rotatable bonds is 4. The van der Waals surface area contributed by atoms with Crippen molar-refractivity contribution in [2.45, 2.75) is 24.5 Å². The van der Waals surface area contributed by atoms with Gasteiger partial charge in [-0.2, -0.15) is 0 Å². The molecule has 3 aliphatic rings. The largest absolute Gasteiger partial charge is 0.493 e. The molecule has 5 rings (SSSR count). The number of esters is 1. The Labute approximate surface area is 173 Å². The Hall–Kier alpha value is -3.13. The molecule has 158 valence electrons. The SMILES string of the molecule is COc1cc([C@@H]2c3cc4c(cc3[C@H](O)[C@H]3CC(=O)O[C@@H]23)OCO4)cc(OC)c1OC. The number of aliphatic hydroxyl groups excluding tert-OH is 1. The van der Waals surface area contributed by atoms with Gasteiger partial charge in [0.15, 0.2) is 23.0 Å². The highest BCUT2D eigenvalue weighted by Crippen LogP contribution is 2.54. The van der Waals surface area contributed by atoms with Gasteiger partial charge in [0.25, 0.3) is 0 Å². The van der Waals surface area contributed by atoms with Crippen molar-refractivity contribution in [1.82, 2.24) is 0 Å². The number of carbonyl (C=O) groups excluding carboxylic acids is 1. The zero-order chi connectivity index (χ0) is 21.0. The Morgan fingerprint density at radius 1 is 0.933 bits per heavy atom. The lowest BCUT2D eigenvalue weighted by molar-refractivity contribution is -0.142. The summed E-state index contributed by atoms with van der Waals surface area (Å²) in [5.74, 6) is 1.63. The minimum atomic E-state index is -0.843. The number of hydrogen-bond donors (Lipinski definition) is 1. The van der Waals surface area contributed by atoms with Crippen LogP contribution in [0.2, 0.25) is 0 Å². The van der Waals surface area contributed by atoms with Crippen LogP contribution in [0.3, 0.4) is 0 Å². The monoisotopic (exact) mass is 414 g/mol. The molecule has 2 aromatic carbocycles. The number of carbonyl (C=O) groups is 1. The van der Waals surface area contributed by atoms with Crippen LogP contribution >= 0.6 is 0 Å². The van der Waals surface area contributed by atoms with E-state index in [1.807, 2.05) is 18.2 Å². The van der Waals surface area contributed by atoms with Crippen LogP contribution in [0.5, 0.6) is 28.7 Å². The lowest BCUT2D eigenvalue weighted by atomic mass is 9.70. The van der Waals surface area contributed by atoms with Crippen LogP contribution in [0.4, 0.5) is 0 Å². The van der Waals surface area contributed by atoms with Gasteiger partial charge < -0.3 is 33.5 Å². The summed E-state index contributed by atoms with van der Waals surface area (Å²) < 4.78 is 33.2. The summed E-state index contributed by atoms with van der Waals surface area (Å²) in [4.78, 5) is 12.2. The maximum absolute atomic E-state index is 12.2. The molecule has 1 fully saturated rings. The fourth-order valence-electron chi connectivity index (χ4n) is 4.76. The first-order valence-corrected chi connectivity index (χ1v) is 9.66. The standard InChI is InChI=1S/C22H22O8/c1-25-16-4-10(5-17(26-2)22(16)27-3)19-11-6-14-15(29-9-28-14)7-12(11)20(24)13-8-18(23)30-21(13)19/h4-7,13,19-21,24H,8-9H2,1-3H3/t13-,19-,20+,21-/m1/s1. The molecule has 0 bridgehead atoms. The molecule has 1 N–H and O–H groups in total. The Morgan fingerprint density at radius 2 is 1.57 bits per heavy atom. The minimum Gasteiger partial charge on any atom is -0.493 e. The third-order valence-electron chi connectivity index (χ3n) is 6.10. The van der Waals surface area contributed by atoms with E-state index in [2.05, 4.69) is 0 Å². The van der Waals surface area contributed by atoms with Gasteiger partial charge in [0.1, 0.15) is 6.10 Å². The van der Waals surface area contributed by atoms with Crippen molar-refractivity contribution in [3.63, 3.8) is 0 Å². The second kappa shape index (κ2) is 6.98. The maximum Gasteiger partial charge on any atom is 0.306 e. The molecule has 0 unspecified atom stereocenters. The highest BCUT2D eigenvalue weighted by Gasteiger charge is 2.50. The first-order chi connectivity index (χ1) is 14.5. The summed E-state index contributed by atoms with van der Waals surface area (Å²) in [7, 11) is 4.65. The molecule has 30 heavy (non-hydrogen) atoms. The van der Waals surface area contributed by atoms with Crippen molar-refractivity contribution in [1.29, 1.82) is 0 Å². The molecule has 0 aromatic heterocycles. The van der Waals surface area contributed by atoms with Crippen LogP contribution in [0.15, 0.2) is 24.3 Å². The van der Waals surface area contributed by atoms with Gasteiger partial charge in [-0.05, 0) is 41.0 Å². The first-order valence-electron chi connectivity index (χ1n) is 9.66. The molecular formula is C22H22O8. The van der Waals surface area contributed by atoms with E-state index in [0.29, 0.717) is 34.3 Å². The zero-order valence-electron chi connectivity index (χ0n) is 16.8. The van der Waals surface area contributed by atoms with Crippen LogP contribution in [0.1, 0.15) is 35.1 Å². The molecule has 4 atom stereocenters. The van der Waals surface area contributed by atoms with Gasteiger partial charge in [-0.3, -0.25) is 4.79 Å². The van der Waals surface area contributed by atoms with E-state index in [9.17, 15) is 9.90 Å². The molecule has 2 heterocycles. The van der Waals surface area contributed by atoms with Crippen molar-refractivity contribution in [3.05, 3.63) is 41.0 Å². The van der Waals surface area contributed by atoms with Gasteiger partial charge in [0, 0.05) is 11.8 Å². The number of ether oxygens (including phenoxy) is 6. The highest BCUT2D eigenvalue weighted by atomic mass is 16.7. The molecule has 0 amide bonds. The van der Waals surface area contributed by atoms with Crippen molar-refractivity contribution in [3.8, 4) is 28.7 Å². The Morgan fingerprint density at radius 3 is 2.17 bits per heavy atom. The van der Waals surface area contributed by atoms with Crippen molar-refractivity contribution in [2.24, 2.45) is 5.92 Å². The Balaban J connectivity index is 1.72. The second-order valence-corrected chi connectivity index (χ2v) is 7.54. The molecule has 0 radical (unpaired) electrons. The molecular weight excluding hydrogens is 392 g/mol. The average molecular weight is 414 g/mol. The van der Waals surface area contributed by atoms with E-state index in [1.54, 1.807) is 27.4 Å². The summed E-state index contributed by atoms with van der Waals surface area (Å²) in [6.07, 6.45) is -1.21. The summed E-state index contributed by atoms with van der Waals surface area (Å²) >= 11 is 0. The Kier molecular flexibility index (Phi) is 4.39. The molecule has 0 spiro atoms. The zero-order valence-corrected chi connectivity index (χ0v) is 16.8. The van der Waals surface area contributed by atoms with E-state index >= 15 is 0 Å². The van der Waals surface area contributed by atoms with Gasteiger partial charge in [-0.25, -0.2) is 0 Å². The van der Waals surface area contributed by atoms with E-state index in [-0.39, 0.29) is 31.0 Å². The summed E-state index contributed by atoms with van der Waals surface area (Å²) in [6.45, 7) is 0.130. The van der Waals surface area contributed by atoms with E-state index in [1.165, 1.54) is 0 Å². The fourth-order valence-corrected chi connectivity index (χ4v) is 4.76. The van der Waals surface area contributed by atoms with Crippen LogP contribution in [-0.4, -0.2) is 45.3 Å². The summed E-state index contributed by atoms with van der Waals surface area (Å²) in [5, 5.41) is 11.0. The molecule has 2 aliphatic heterocycles. The third-order valence-corrected chi connectivity index (χ3v) is 6.10. The van der Waals surface area contributed by atoms with Crippen molar-refractivity contribution >= 4 is 5.97 Å². The van der Waals surface area contributed by atoms with Crippen molar-refractivity contribution in [2.75, 3.05) is 28.1 Å². The quantitative estimate of drug-likeness (QED) is 0.763. The molecule has 8 nitrogen and oxygen atoms in total. The van der Waals surface area contributed by atoms with Crippen LogP contribution in [-0.2, 0) is 9.53 Å². The number of benzene rings is 2. The first kappa shape index (κ1) is 18.9. The van der Waals surface area contributed by atoms with Crippen LogP contribution in [0, 0.1) is 5.92 Å². The predicted molar refractivity (Wildman–Crippen MR) is 103 cm³/mol. The number of hydrogen-bond acceptors (Lipinski definition) is 8.